The average Bonchev–Trinajstić information content (AvgIpc) is 2.30. The van der Waals surface area contributed by atoms with Crippen molar-refractivity contribution in [3.05, 3.63) is 29.8 Å². The summed E-state index contributed by atoms with van der Waals surface area (Å²) < 4.78 is 11.2. The summed E-state index contributed by atoms with van der Waals surface area (Å²) in [5.41, 5.74) is 0.966. The van der Waals surface area contributed by atoms with Crippen LogP contribution in [0.4, 0.5) is 0 Å². The van der Waals surface area contributed by atoms with E-state index in [-0.39, 0.29) is 5.60 Å². The van der Waals surface area contributed by atoms with Crippen molar-refractivity contribution < 1.29 is 9.47 Å². The van der Waals surface area contributed by atoms with Gasteiger partial charge in [0.1, 0.15) is 11.4 Å². The van der Waals surface area contributed by atoms with E-state index in [0.717, 1.165) is 24.3 Å². The van der Waals surface area contributed by atoms with Gasteiger partial charge in [-0.15, -0.1) is 0 Å². The second-order valence-electron chi connectivity index (χ2n) is 4.52. The van der Waals surface area contributed by atoms with Crippen molar-refractivity contribution in [1.29, 1.82) is 0 Å². The van der Waals surface area contributed by atoms with Crippen LogP contribution in [0.25, 0.3) is 0 Å². The molecular formula is C14H23NO2. The van der Waals surface area contributed by atoms with E-state index in [1.807, 2.05) is 31.3 Å². The van der Waals surface area contributed by atoms with Gasteiger partial charge in [-0.25, -0.2) is 0 Å². The number of ether oxygens (including phenoxy) is 2. The second kappa shape index (κ2) is 6.62. The van der Waals surface area contributed by atoms with E-state index in [1.165, 1.54) is 0 Å². The molecule has 0 spiro atoms. The average molecular weight is 237 g/mol. The zero-order valence-electron chi connectivity index (χ0n) is 11.2. The summed E-state index contributed by atoms with van der Waals surface area (Å²) in [5.74, 6) is 0.902. The van der Waals surface area contributed by atoms with Crippen LogP contribution in [-0.4, -0.2) is 26.3 Å². The highest BCUT2D eigenvalue weighted by molar-refractivity contribution is 5.28. The first kappa shape index (κ1) is 14.0. The minimum absolute atomic E-state index is 0.166. The van der Waals surface area contributed by atoms with E-state index in [0.29, 0.717) is 6.61 Å². The first-order valence-electron chi connectivity index (χ1n) is 6.05. The SMILES string of the molecule is CCC(C)(CNC)Oc1cccc(COC)c1. The first-order valence-corrected chi connectivity index (χ1v) is 6.05. The number of methoxy groups -OCH3 is 1. The van der Waals surface area contributed by atoms with Crippen LogP contribution in [0, 0.1) is 0 Å². The van der Waals surface area contributed by atoms with Gasteiger partial charge in [-0.3, -0.25) is 0 Å². The number of rotatable bonds is 7. The molecule has 0 aromatic heterocycles. The Morgan fingerprint density at radius 2 is 2.12 bits per heavy atom. The molecule has 0 aliphatic rings. The standard InChI is InChI=1S/C14H23NO2/c1-5-14(2,11-15-3)17-13-8-6-7-12(9-13)10-16-4/h6-9,15H,5,10-11H2,1-4H3. The normalized spacial score (nSPS) is 14.4. The molecule has 0 saturated heterocycles. The van der Waals surface area contributed by atoms with Gasteiger partial charge >= 0.3 is 0 Å². The zero-order valence-corrected chi connectivity index (χ0v) is 11.2. The Labute approximate surface area is 104 Å². The van der Waals surface area contributed by atoms with Gasteiger partial charge in [0.2, 0.25) is 0 Å². The minimum atomic E-state index is -0.166. The van der Waals surface area contributed by atoms with Gasteiger partial charge in [-0.1, -0.05) is 19.1 Å². The number of benzene rings is 1. The molecule has 96 valence electrons. The van der Waals surface area contributed by atoms with Crippen LogP contribution in [0.15, 0.2) is 24.3 Å². The third-order valence-electron chi connectivity index (χ3n) is 2.87. The summed E-state index contributed by atoms with van der Waals surface area (Å²) in [6, 6.07) is 8.06. The fraction of sp³-hybridized carbons (Fsp3) is 0.571. The quantitative estimate of drug-likeness (QED) is 0.790. The maximum absolute atomic E-state index is 6.06. The molecular weight excluding hydrogens is 214 g/mol. The van der Waals surface area contributed by atoms with Crippen LogP contribution in [0.2, 0.25) is 0 Å². The van der Waals surface area contributed by atoms with Crippen molar-refractivity contribution >= 4 is 0 Å². The molecule has 17 heavy (non-hydrogen) atoms. The van der Waals surface area contributed by atoms with Crippen LogP contribution >= 0.6 is 0 Å². The molecule has 1 aromatic carbocycles. The fourth-order valence-electron chi connectivity index (χ4n) is 1.76. The number of likely N-dealkylation sites (N-methyl/N-ethyl adjacent to an activating group) is 1. The molecule has 0 saturated carbocycles. The van der Waals surface area contributed by atoms with Crippen LogP contribution in [0.3, 0.4) is 0 Å². The molecule has 0 bridgehead atoms. The van der Waals surface area contributed by atoms with E-state index in [1.54, 1.807) is 7.11 Å². The Kier molecular flexibility index (Phi) is 5.45. The third kappa shape index (κ3) is 4.36. The largest absolute Gasteiger partial charge is 0.486 e. The summed E-state index contributed by atoms with van der Waals surface area (Å²) in [7, 11) is 3.64. The smallest absolute Gasteiger partial charge is 0.120 e. The Bertz CT molecular complexity index is 341. The van der Waals surface area contributed by atoms with Crippen molar-refractivity contribution in [3.63, 3.8) is 0 Å². The Morgan fingerprint density at radius 3 is 2.71 bits per heavy atom. The molecule has 0 fully saturated rings. The molecule has 3 heteroatoms. The number of hydrogen-bond acceptors (Lipinski definition) is 3. The minimum Gasteiger partial charge on any atom is -0.486 e. The van der Waals surface area contributed by atoms with E-state index in [9.17, 15) is 0 Å². The van der Waals surface area contributed by atoms with Gasteiger partial charge in [0.05, 0.1) is 6.61 Å². The number of nitrogens with one attached hydrogen (secondary N) is 1. The summed E-state index contributed by atoms with van der Waals surface area (Å²) >= 11 is 0. The monoisotopic (exact) mass is 237 g/mol. The first-order chi connectivity index (χ1) is 8.13. The van der Waals surface area contributed by atoms with Crippen LogP contribution < -0.4 is 10.1 Å². The molecule has 0 amide bonds. The van der Waals surface area contributed by atoms with Crippen LogP contribution in [0.5, 0.6) is 5.75 Å². The Balaban J connectivity index is 2.75. The molecule has 1 aromatic rings. The highest BCUT2D eigenvalue weighted by atomic mass is 16.5. The molecule has 0 aliphatic carbocycles. The maximum Gasteiger partial charge on any atom is 0.120 e. The lowest BCUT2D eigenvalue weighted by Crippen LogP contribution is -2.41. The lowest BCUT2D eigenvalue weighted by Gasteiger charge is -2.29. The van der Waals surface area contributed by atoms with Crippen molar-refractivity contribution in [2.75, 3.05) is 20.7 Å². The lowest BCUT2D eigenvalue weighted by atomic mass is 10.0. The maximum atomic E-state index is 6.06. The summed E-state index contributed by atoms with van der Waals surface area (Å²) in [4.78, 5) is 0. The van der Waals surface area contributed by atoms with Gasteiger partial charge in [0, 0.05) is 13.7 Å². The Hall–Kier alpha value is -1.06. The van der Waals surface area contributed by atoms with Gasteiger partial charge in [0.25, 0.3) is 0 Å². The second-order valence-corrected chi connectivity index (χ2v) is 4.52. The molecule has 0 aliphatic heterocycles. The molecule has 1 N–H and O–H groups in total. The van der Waals surface area contributed by atoms with Gasteiger partial charge in [-0.2, -0.15) is 0 Å². The van der Waals surface area contributed by atoms with E-state index < -0.39 is 0 Å². The van der Waals surface area contributed by atoms with Crippen molar-refractivity contribution in [2.45, 2.75) is 32.5 Å². The lowest BCUT2D eigenvalue weighted by molar-refractivity contribution is 0.0854. The molecule has 1 atom stereocenters. The fourth-order valence-corrected chi connectivity index (χ4v) is 1.76. The van der Waals surface area contributed by atoms with Crippen molar-refractivity contribution in [2.24, 2.45) is 0 Å². The van der Waals surface area contributed by atoms with Gasteiger partial charge < -0.3 is 14.8 Å². The highest BCUT2D eigenvalue weighted by Crippen LogP contribution is 2.22. The Morgan fingerprint density at radius 1 is 1.35 bits per heavy atom. The molecule has 1 unspecified atom stereocenters. The molecule has 0 heterocycles. The topological polar surface area (TPSA) is 30.5 Å². The number of hydrogen-bond donors (Lipinski definition) is 1. The predicted molar refractivity (Wildman–Crippen MR) is 70.4 cm³/mol. The van der Waals surface area contributed by atoms with Gasteiger partial charge in [0.15, 0.2) is 0 Å². The van der Waals surface area contributed by atoms with E-state index in [2.05, 4.69) is 19.2 Å². The van der Waals surface area contributed by atoms with Crippen LogP contribution in [0.1, 0.15) is 25.8 Å². The summed E-state index contributed by atoms with van der Waals surface area (Å²) in [5, 5.41) is 3.17. The highest BCUT2D eigenvalue weighted by Gasteiger charge is 2.23. The zero-order chi connectivity index (χ0) is 12.7. The molecule has 1 rings (SSSR count). The van der Waals surface area contributed by atoms with Crippen molar-refractivity contribution in [3.8, 4) is 5.75 Å². The summed E-state index contributed by atoms with van der Waals surface area (Å²) in [6.07, 6.45) is 0.961. The van der Waals surface area contributed by atoms with Gasteiger partial charge in [-0.05, 0) is 38.1 Å². The van der Waals surface area contributed by atoms with E-state index >= 15 is 0 Å². The predicted octanol–water partition coefficient (Wildman–Crippen LogP) is 2.60. The third-order valence-corrected chi connectivity index (χ3v) is 2.87. The summed E-state index contributed by atoms with van der Waals surface area (Å²) in [6.45, 7) is 5.70. The molecule has 0 radical (unpaired) electrons. The van der Waals surface area contributed by atoms with Crippen LogP contribution in [-0.2, 0) is 11.3 Å². The van der Waals surface area contributed by atoms with E-state index in [4.69, 9.17) is 9.47 Å². The molecule has 3 nitrogen and oxygen atoms in total. The van der Waals surface area contributed by atoms with Crippen molar-refractivity contribution in [1.82, 2.24) is 5.32 Å².